The van der Waals surface area contributed by atoms with E-state index in [1.807, 2.05) is 6.92 Å². The lowest BCUT2D eigenvalue weighted by atomic mass is 10.2. The van der Waals surface area contributed by atoms with Crippen molar-refractivity contribution in [2.75, 3.05) is 5.73 Å². The van der Waals surface area contributed by atoms with Crippen LogP contribution in [0, 0.1) is 0 Å². The molecule has 0 fully saturated rings. The van der Waals surface area contributed by atoms with E-state index in [1.54, 1.807) is 18.3 Å². The second kappa shape index (κ2) is 5.60. The first-order valence-corrected chi connectivity index (χ1v) is 5.62. The van der Waals surface area contributed by atoms with Crippen molar-refractivity contribution in [1.29, 1.82) is 0 Å². The van der Waals surface area contributed by atoms with Crippen LogP contribution in [-0.2, 0) is 4.79 Å². The minimum absolute atomic E-state index is 0.402. The summed E-state index contributed by atoms with van der Waals surface area (Å²) in [6.45, 7) is 1.97. The number of carboxylic acids is 1. The average molecular weight is 226 g/mol. The Morgan fingerprint density at radius 2 is 2.40 bits per heavy atom. The van der Waals surface area contributed by atoms with Crippen LogP contribution in [-0.4, -0.2) is 21.3 Å². The number of nitrogens with two attached hydrogens (primary N) is 1. The van der Waals surface area contributed by atoms with Crippen molar-refractivity contribution >= 4 is 23.5 Å². The highest BCUT2D eigenvalue weighted by atomic mass is 32.2. The zero-order valence-corrected chi connectivity index (χ0v) is 9.33. The maximum atomic E-state index is 10.9. The Kier molecular flexibility index (Phi) is 4.42. The summed E-state index contributed by atoms with van der Waals surface area (Å²) in [6, 6.07) is 3.46. The van der Waals surface area contributed by atoms with Crippen LogP contribution in [0.5, 0.6) is 0 Å². The third-order valence-corrected chi connectivity index (χ3v) is 3.10. The quantitative estimate of drug-likeness (QED) is 0.751. The van der Waals surface area contributed by atoms with Gasteiger partial charge >= 0.3 is 5.97 Å². The number of rotatable bonds is 5. The van der Waals surface area contributed by atoms with Gasteiger partial charge in [0.25, 0.3) is 0 Å². The Bertz CT molecular complexity index is 327. The van der Waals surface area contributed by atoms with Gasteiger partial charge in [0.1, 0.15) is 11.1 Å². The van der Waals surface area contributed by atoms with Gasteiger partial charge in [-0.3, -0.25) is 4.79 Å². The molecule has 4 nitrogen and oxygen atoms in total. The third-order valence-electron chi connectivity index (χ3n) is 1.86. The SMILES string of the molecule is CCCC(Sc1ccc(N)nc1)C(=O)O. The topological polar surface area (TPSA) is 76.2 Å². The van der Waals surface area contributed by atoms with Gasteiger partial charge in [0.2, 0.25) is 0 Å². The Labute approximate surface area is 92.9 Å². The molecular weight excluding hydrogens is 212 g/mol. The molecule has 15 heavy (non-hydrogen) atoms. The molecule has 82 valence electrons. The van der Waals surface area contributed by atoms with Crippen LogP contribution in [0.3, 0.4) is 0 Å². The van der Waals surface area contributed by atoms with Gasteiger partial charge in [-0.05, 0) is 18.6 Å². The Morgan fingerprint density at radius 3 is 2.87 bits per heavy atom. The van der Waals surface area contributed by atoms with E-state index in [4.69, 9.17) is 10.8 Å². The van der Waals surface area contributed by atoms with Crippen molar-refractivity contribution in [1.82, 2.24) is 4.98 Å². The van der Waals surface area contributed by atoms with Crippen LogP contribution in [0.15, 0.2) is 23.2 Å². The summed E-state index contributed by atoms with van der Waals surface area (Å²) in [5, 5.41) is 8.55. The smallest absolute Gasteiger partial charge is 0.316 e. The molecule has 0 aromatic carbocycles. The summed E-state index contributed by atoms with van der Waals surface area (Å²) in [5.41, 5.74) is 5.44. The molecule has 0 saturated heterocycles. The lowest BCUT2D eigenvalue weighted by Crippen LogP contribution is -2.15. The number of hydrogen-bond donors (Lipinski definition) is 2. The van der Waals surface area contributed by atoms with Gasteiger partial charge in [-0.1, -0.05) is 13.3 Å². The molecule has 1 heterocycles. The second-order valence-corrected chi connectivity index (χ2v) is 4.43. The van der Waals surface area contributed by atoms with Crippen LogP contribution >= 0.6 is 11.8 Å². The molecule has 1 rings (SSSR count). The summed E-state index contributed by atoms with van der Waals surface area (Å²) in [7, 11) is 0. The van der Waals surface area contributed by atoms with Crippen molar-refractivity contribution < 1.29 is 9.90 Å². The predicted octanol–water partition coefficient (Wildman–Crippen LogP) is 2.01. The second-order valence-electron chi connectivity index (χ2n) is 3.15. The Hall–Kier alpha value is -1.23. The number of nitrogen functional groups attached to an aromatic ring is 1. The number of carbonyl (C=O) groups is 1. The van der Waals surface area contributed by atoms with Gasteiger partial charge in [-0.2, -0.15) is 0 Å². The number of nitrogens with zero attached hydrogens (tertiary/aromatic N) is 1. The highest BCUT2D eigenvalue weighted by Crippen LogP contribution is 2.26. The lowest BCUT2D eigenvalue weighted by Gasteiger charge is -2.10. The van der Waals surface area contributed by atoms with Crippen LogP contribution in [0.2, 0.25) is 0 Å². The van der Waals surface area contributed by atoms with E-state index in [0.29, 0.717) is 12.2 Å². The number of carboxylic acid groups (broad SMARTS) is 1. The van der Waals surface area contributed by atoms with Gasteiger partial charge < -0.3 is 10.8 Å². The summed E-state index contributed by atoms with van der Waals surface area (Å²) >= 11 is 1.31. The fraction of sp³-hybridized carbons (Fsp3) is 0.400. The van der Waals surface area contributed by atoms with Crippen molar-refractivity contribution in [3.63, 3.8) is 0 Å². The number of aliphatic carboxylic acids is 1. The minimum atomic E-state index is -0.779. The molecule has 0 aliphatic rings. The molecule has 5 heteroatoms. The highest BCUT2D eigenvalue weighted by molar-refractivity contribution is 8.00. The van der Waals surface area contributed by atoms with Crippen molar-refractivity contribution in [3.8, 4) is 0 Å². The first kappa shape index (κ1) is 11.8. The number of thioether (sulfide) groups is 1. The summed E-state index contributed by atoms with van der Waals surface area (Å²) in [4.78, 5) is 15.6. The van der Waals surface area contributed by atoms with E-state index in [2.05, 4.69) is 4.98 Å². The summed E-state index contributed by atoms with van der Waals surface area (Å²) in [5.74, 6) is -0.333. The average Bonchev–Trinajstić information content (AvgIpc) is 2.20. The molecule has 1 aromatic heterocycles. The predicted molar refractivity (Wildman–Crippen MR) is 60.8 cm³/mol. The van der Waals surface area contributed by atoms with Crippen LogP contribution in [0.25, 0.3) is 0 Å². The number of pyridine rings is 1. The van der Waals surface area contributed by atoms with E-state index in [9.17, 15) is 4.79 Å². The number of hydrogen-bond acceptors (Lipinski definition) is 4. The fourth-order valence-electron chi connectivity index (χ4n) is 1.12. The standard InChI is InChI=1S/C10H14N2O2S/c1-2-3-8(10(13)14)15-7-4-5-9(11)12-6-7/h4-6,8H,2-3H2,1H3,(H2,11,12)(H,13,14). The largest absolute Gasteiger partial charge is 0.480 e. The first-order chi connectivity index (χ1) is 7.13. The molecule has 0 bridgehead atoms. The normalized spacial score (nSPS) is 12.3. The molecule has 0 radical (unpaired) electrons. The lowest BCUT2D eigenvalue weighted by molar-refractivity contribution is -0.136. The summed E-state index contributed by atoms with van der Waals surface area (Å²) in [6.07, 6.45) is 3.11. The maximum Gasteiger partial charge on any atom is 0.316 e. The Balaban J connectivity index is 2.65. The molecule has 1 aromatic rings. The number of anilines is 1. The van der Waals surface area contributed by atoms with Crippen LogP contribution in [0.1, 0.15) is 19.8 Å². The number of aromatic nitrogens is 1. The summed E-state index contributed by atoms with van der Waals surface area (Å²) < 4.78 is 0. The monoisotopic (exact) mass is 226 g/mol. The van der Waals surface area contributed by atoms with Gasteiger partial charge in [-0.25, -0.2) is 4.98 Å². The van der Waals surface area contributed by atoms with Gasteiger partial charge in [-0.15, -0.1) is 11.8 Å². The van der Waals surface area contributed by atoms with Crippen LogP contribution in [0.4, 0.5) is 5.82 Å². The van der Waals surface area contributed by atoms with E-state index in [-0.39, 0.29) is 0 Å². The molecule has 1 unspecified atom stereocenters. The van der Waals surface area contributed by atoms with Crippen molar-refractivity contribution in [2.45, 2.75) is 29.9 Å². The molecule has 3 N–H and O–H groups in total. The highest BCUT2D eigenvalue weighted by Gasteiger charge is 2.17. The van der Waals surface area contributed by atoms with Gasteiger partial charge in [0.05, 0.1) is 0 Å². The van der Waals surface area contributed by atoms with Gasteiger partial charge in [0, 0.05) is 11.1 Å². The fourth-order valence-corrected chi connectivity index (χ4v) is 2.16. The maximum absolute atomic E-state index is 10.9. The molecule has 0 aliphatic carbocycles. The van der Waals surface area contributed by atoms with E-state index in [0.717, 1.165) is 11.3 Å². The van der Waals surface area contributed by atoms with Gasteiger partial charge in [0.15, 0.2) is 0 Å². The third kappa shape index (κ3) is 3.79. The molecular formula is C10H14N2O2S. The van der Waals surface area contributed by atoms with Crippen molar-refractivity contribution in [2.24, 2.45) is 0 Å². The molecule has 0 amide bonds. The molecule has 0 saturated carbocycles. The zero-order valence-electron chi connectivity index (χ0n) is 8.51. The molecule has 1 atom stereocenters. The van der Waals surface area contributed by atoms with E-state index in [1.165, 1.54) is 11.8 Å². The minimum Gasteiger partial charge on any atom is -0.480 e. The van der Waals surface area contributed by atoms with Crippen molar-refractivity contribution in [3.05, 3.63) is 18.3 Å². The Morgan fingerprint density at radius 1 is 1.67 bits per heavy atom. The zero-order chi connectivity index (χ0) is 11.3. The first-order valence-electron chi connectivity index (χ1n) is 4.74. The molecule has 0 spiro atoms. The van der Waals surface area contributed by atoms with E-state index < -0.39 is 11.2 Å². The molecule has 0 aliphatic heterocycles. The van der Waals surface area contributed by atoms with E-state index >= 15 is 0 Å². The van der Waals surface area contributed by atoms with Crippen LogP contribution < -0.4 is 5.73 Å².